The molecule has 35 heavy (non-hydrogen) atoms. The molecule has 2 heterocycles. The molecule has 0 bridgehead atoms. The van der Waals surface area contributed by atoms with E-state index in [1.165, 1.54) is 4.31 Å². The van der Waals surface area contributed by atoms with Gasteiger partial charge in [-0.15, -0.1) is 0 Å². The molecule has 3 aromatic carbocycles. The topological polar surface area (TPSA) is 94.2 Å². The molecule has 0 saturated heterocycles. The van der Waals surface area contributed by atoms with Crippen molar-refractivity contribution in [3.05, 3.63) is 83.9 Å². The van der Waals surface area contributed by atoms with Crippen molar-refractivity contribution in [3.63, 3.8) is 0 Å². The lowest BCUT2D eigenvalue weighted by Gasteiger charge is -2.35. The molecule has 3 aromatic rings. The van der Waals surface area contributed by atoms with Crippen LogP contribution in [0, 0.1) is 0 Å². The fraction of sp³-hybridized carbons (Fsp3) is 0.269. The fourth-order valence-corrected chi connectivity index (χ4v) is 5.77. The van der Waals surface area contributed by atoms with E-state index in [1.54, 1.807) is 48.5 Å². The number of rotatable bonds is 6. The summed E-state index contributed by atoms with van der Waals surface area (Å²) in [7, 11) is -3.76. The van der Waals surface area contributed by atoms with E-state index in [2.05, 4.69) is 5.32 Å². The lowest BCUT2D eigenvalue weighted by atomic mass is 10.1. The number of amides is 1. The Morgan fingerprint density at radius 2 is 1.69 bits per heavy atom. The predicted octanol–water partition coefficient (Wildman–Crippen LogP) is 3.43. The van der Waals surface area contributed by atoms with E-state index in [-0.39, 0.29) is 18.3 Å². The zero-order chi connectivity index (χ0) is 24.4. The molecule has 0 aromatic heterocycles. The maximum Gasteiger partial charge on any atom is 0.263 e. The SMILES string of the molecule is C[C@H](NC(=O)[C@@H]1CN(S(=O)(=O)Cc2ccccc2)c2ccccc2O1)c1ccc2c(c1)OCCO2. The van der Waals surface area contributed by atoms with Crippen molar-refractivity contribution in [2.24, 2.45) is 0 Å². The first-order chi connectivity index (χ1) is 16.9. The third kappa shape index (κ3) is 4.90. The number of carbonyl (C=O) groups excluding carboxylic acids is 1. The normalized spacial score (nSPS) is 17.6. The lowest BCUT2D eigenvalue weighted by molar-refractivity contribution is -0.128. The quantitative estimate of drug-likeness (QED) is 0.564. The highest BCUT2D eigenvalue weighted by Gasteiger charge is 2.37. The minimum Gasteiger partial charge on any atom is -0.486 e. The molecule has 2 aliphatic rings. The summed E-state index contributed by atoms with van der Waals surface area (Å²) in [5, 5.41) is 2.94. The zero-order valence-corrected chi connectivity index (χ0v) is 20.0. The van der Waals surface area contributed by atoms with Crippen LogP contribution >= 0.6 is 0 Å². The molecule has 5 rings (SSSR count). The number of fused-ring (bicyclic) bond motifs is 2. The van der Waals surface area contributed by atoms with Crippen molar-refractivity contribution in [3.8, 4) is 17.2 Å². The van der Waals surface area contributed by atoms with E-state index in [0.29, 0.717) is 41.7 Å². The van der Waals surface area contributed by atoms with E-state index in [0.717, 1.165) is 5.56 Å². The van der Waals surface area contributed by atoms with Crippen LogP contribution in [0.4, 0.5) is 5.69 Å². The minimum absolute atomic E-state index is 0.119. The number of sulfonamides is 1. The van der Waals surface area contributed by atoms with Gasteiger partial charge in [0.15, 0.2) is 17.6 Å². The van der Waals surface area contributed by atoms with Crippen LogP contribution in [0.1, 0.15) is 24.1 Å². The van der Waals surface area contributed by atoms with Gasteiger partial charge in [-0.05, 0) is 42.3 Å². The molecule has 182 valence electrons. The van der Waals surface area contributed by atoms with Gasteiger partial charge in [0, 0.05) is 0 Å². The Morgan fingerprint density at radius 3 is 2.49 bits per heavy atom. The molecular weight excluding hydrogens is 468 g/mol. The second-order valence-corrected chi connectivity index (χ2v) is 10.4. The Kier molecular flexibility index (Phi) is 6.25. The van der Waals surface area contributed by atoms with Crippen molar-refractivity contribution in [2.75, 3.05) is 24.1 Å². The Hall–Kier alpha value is -3.72. The molecule has 0 spiro atoms. The van der Waals surface area contributed by atoms with E-state index < -0.39 is 22.0 Å². The van der Waals surface area contributed by atoms with E-state index in [9.17, 15) is 13.2 Å². The standard InChI is InChI=1S/C26H26N2O6S/c1-18(20-11-12-23-24(15-20)33-14-13-32-23)27-26(29)25-16-28(21-9-5-6-10-22(21)34-25)35(30,31)17-19-7-3-2-4-8-19/h2-12,15,18,25H,13-14,16-17H2,1H3,(H,27,29)/t18-,25-/m0/s1. The number of hydrogen-bond donors (Lipinski definition) is 1. The molecule has 1 amide bonds. The van der Waals surface area contributed by atoms with Gasteiger partial charge in [0.05, 0.1) is 24.0 Å². The lowest BCUT2D eigenvalue weighted by Crippen LogP contribution is -2.51. The maximum atomic E-state index is 13.4. The third-order valence-electron chi connectivity index (χ3n) is 5.98. The van der Waals surface area contributed by atoms with Gasteiger partial charge in [0.2, 0.25) is 10.0 Å². The molecule has 2 aliphatic heterocycles. The largest absolute Gasteiger partial charge is 0.486 e. The first kappa shape index (κ1) is 23.0. The van der Waals surface area contributed by atoms with Crippen LogP contribution in [-0.2, 0) is 20.6 Å². The van der Waals surface area contributed by atoms with Crippen LogP contribution in [0.5, 0.6) is 17.2 Å². The predicted molar refractivity (Wildman–Crippen MR) is 131 cm³/mol. The second-order valence-electron chi connectivity index (χ2n) is 8.48. The molecule has 1 N–H and O–H groups in total. The highest BCUT2D eigenvalue weighted by Crippen LogP contribution is 2.36. The van der Waals surface area contributed by atoms with Crippen LogP contribution in [0.3, 0.4) is 0 Å². The molecule has 9 heteroatoms. The summed E-state index contributed by atoms with van der Waals surface area (Å²) in [6, 6.07) is 21.0. The number of nitrogens with one attached hydrogen (secondary N) is 1. The van der Waals surface area contributed by atoms with Crippen LogP contribution in [0.25, 0.3) is 0 Å². The van der Waals surface area contributed by atoms with Crippen molar-refractivity contribution in [1.29, 1.82) is 0 Å². The summed E-state index contributed by atoms with van der Waals surface area (Å²) in [6.07, 6.45) is -1.00. The van der Waals surface area contributed by atoms with Gasteiger partial charge in [0.1, 0.15) is 19.0 Å². The van der Waals surface area contributed by atoms with Gasteiger partial charge in [-0.2, -0.15) is 0 Å². The van der Waals surface area contributed by atoms with E-state index in [1.807, 2.05) is 31.2 Å². The first-order valence-electron chi connectivity index (χ1n) is 11.4. The first-order valence-corrected chi connectivity index (χ1v) is 13.0. The minimum atomic E-state index is -3.76. The Morgan fingerprint density at radius 1 is 0.971 bits per heavy atom. The smallest absolute Gasteiger partial charge is 0.263 e. The number of carbonyl (C=O) groups is 1. The molecular formula is C26H26N2O6S. The molecule has 0 saturated carbocycles. The van der Waals surface area contributed by atoms with Crippen molar-refractivity contribution < 1.29 is 27.4 Å². The van der Waals surface area contributed by atoms with E-state index >= 15 is 0 Å². The molecule has 8 nitrogen and oxygen atoms in total. The summed E-state index contributed by atoms with van der Waals surface area (Å²) in [5.41, 5.74) is 1.93. The second kappa shape index (κ2) is 9.50. The molecule has 0 unspecified atom stereocenters. The fourth-order valence-electron chi connectivity index (χ4n) is 4.18. The van der Waals surface area contributed by atoms with Gasteiger partial charge in [0.25, 0.3) is 5.91 Å². The summed E-state index contributed by atoms with van der Waals surface area (Å²) in [4.78, 5) is 13.2. The van der Waals surface area contributed by atoms with E-state index in [4.69, 9.17) is 14.2 Å². The van der Waals surface area contributed by atoms with Crippen molar-refractivity contribution >= 4 is 21.6 Å². The summed E-state index contributed by atoms with van der Waals surface area (Å²) in [6.45, 7) is 2.71. The summed E-state index contributed by atoms with van der Waals surface area (Å²) in [5.74, 6) is 1.08. The van der Waals surface area contributed by atoms with Gasteiger partial charge >= 0.3 is 0 Å². The number of ether oxygens (including phenoxy) is 3. The number of nitrogens with zero attached hydrogens (tertiary/aromatic N) is 1. The Balaban J connectivity index is 1.35. The van der Waals surface area contributed by atoms with Crippen LogP contribution in [-0.4, -0.2) is 40.2 Å². The van der Waals surface area contributed by atoms with Gasteiger partial charge in [-0.1, -0.05) is 48.5 Å². The van der Waals surface area contributed by atoms with Crippen LogP contribution in [0.2, 0.25) is 0 Å². The molecule has 2 atom stereocenters. The Labute approximate surface area is 204 Å². The molecule has 0 aliphatic carbocycles. The average Bonchev–Trinajstić information content (AvgIpc) is 2.88. The number of benzene rings is 3. The highest BCUT2D eigenvalue weighted by atomic mass is 32.2. The Bertz CT molecular complexity index is 1330. The van der Waals surface area contributed by atoms with Gasteiger partial charge < -0.3 is 19.5 Å². The average molecular weight is 495 g/mol. The third-order valence-corrected chi connectivity index (χ3v) is 7.70. The van der Waals surface area contributed by atoms with Crippen LogP contribution in [0.15, 0.2) is 72.8 Å². The monoisotopic (exact) mass is 494 g/mol. The summed E-state index contributed by atoms with van der Waals surface area (Å²) < 4.78 is 45.2. The van der Waals surface area contributed by atoms with Crippen LogP contribution < -0.4 is 23.8 Å². The zero-order valence-electron chi connectivity index (χ0n) is 19.2. The van der Waals surface area contributed by atoms with Crippen molar-refractivity contribution in [1.82, 2.24) is 5.32 Å². The highest BCUT2D eigenvalue weighted by molar-refractivity contribution is 7.92. The van der Waals surface area contributed by atoms with Crippen molar-refractivity contribution in [2.45, 2.75) is 24.8 Å². The number of para-hydroxylation sites is 2. The summed E-state index contributed by atoms with van der Waals surface area (Å²) >= 11 is 0. The van der Waals surface area contributed by atoms with Gasteiger partial charge in [-0.3, -0.25) is 9.10 Å². The number of anilines is 1. The molecule has 0 fully saturated rings. The van der Waals surface area contributed by atoms with Gasteiger partial charge in [-0.25, -0.2) is 8.42 Å². The number of hydrogen-bond acceptors (Lipinski definition) is 6. The maximum absolute atomic E-state index is 13.4. The molecule has 0 radical (unpaired) electrons.